The second-order valence-corrected chi connectivity index (χ2v) is 9.55. The summed E-state index contributed by atoms with van der Waals surface area (Å²) in [7, 11) is 0. The molecule has 37 heavy (non-hydrogen) atoms. The zero-order valence-corrected chi connectivity index (χ0v) is 20.7. The SMILES string of the molecule is O=CCOc1ccc(C2N=C(Nc3ccc4c(cnn4C4CCCCO4)c3)NN2C2CCCCO2)cc1. The Kier molecular flexibility index (Phi) is 7.03. The highest BCUT2D eigenvalue weighted by molar-refractivity contribution is 5.96. The minimum Gasteiger partial charge on any atom is -0.486 e. The fourth-order valence-corrected chi connectivity index (χ4v) is 5.14. The average molecular weight is 505 g/mol. The van der Waals surface area contributed by atoms with E-state index in [1.165, 1.54) is 0 Å². The number of guanidine groups is 1. The Morgan fingerprint density at radius 3 is 2.54 bits per heavy atom. The van der Waals surface area contributed by atoms with Crippen LogP contribution in [0.1, 0.15) is 56.5 Å². The minimum atomic E-state index is -0.263. The van der Waals surface area contributed by atoms with Crippen molar-refractivity contribution in [3.05, 3.63) is 54.2 Å². The van der Waals surface area contributed by atoms with E-state index in [2.05, 4.69) is 33.0 Å². The van der Waals surface area contributed by atoms with Gasteiger partial charge in [0.1, 0.15) is 18.6 Å². The van der Waals surface area contributed by atoms with E-state index >= 15 is 0 Å². The summed E-state index contributed by atoms with van der Waals surface area (Å²) in [6.07, 6.45) is 8.67. The van der Waals surface area contributed by atoms with Crippen LogP contribution in [0.25, 0.3) is 10.9 Å². The van der Waals surface area contributed by atoms with Crippen molar-refractivity contribution in [1.29, 1.82) is 0 Å². The van der Waals surface area contributed by atoms with Gasteiger partial charge in [-0.15, -0.1) is 0 Å². The Labute approximate surface area is 215 Å². The van der Waals surface area contributed by atoms with Crippen LogP contribution in [0.5, 0.6) is 5.75 Å². The molecule has 3 aliphatic rings. The summed E-state index contributed by atoms with van der Waals surface area (Å²) < 4.78 is 19.4. The lowest BCUT2D eigenvalue weighted by Gasteiger charge is -2.34. The van der Waals surface area contributed by atoms with Gasteiger partial charge >= 0.3 is 0 Å². The van der Waals surface area contributed by atoms with E-state index < -0.39 is 0 Å². The number of hydrogen-bond donors (Lipinski definition) is 2. The Bertz CT molecular complexity index is 1250. The highest BCUT2D eigenvalue weighted by atomic mass is 16.5. The van der Waals surface area contributed by atoms with Crippen LogP contribution < -0.4 is 15.5 Å². The average Bonchev–Trinajstić information content (AvgIpc) is 3.57. The van der Waals surface area contributed by atoms with Crippen molar-refractivity contribution in [1.82, 2.24) is 20.2 Å². The molecular formula is C27H32N6O4. The van der Waals surface area contributed by atoms with Crippen molar-refractivity contribution in [3.63, 3.8) is 0 Å². The van der Waals surface area contributed by atoms with Crippen molar-refractivity contribution in [2.24, 2.45) is 4.99 Å². The maximum Gasteiger partial charge on any atom is 0.212 e. The molecule has 0 spiro atoms. The first-order valence-corrected chi connectivity index (χ1v) is 13.1. The number of rotatable bonds is 7. The third-order valence-corrected chi connectivity index (χ3v) is 7.00. The Morgan fingerprint density at radius 2 is 1.81 bits per heavy atom. The molecule has 0 bridgehead atoms. The number of carbonyl (C=O) groups is 1. The van der Waals surface area contributed by atoms with Crippen LogP contribution in [0.2, 0.25) is 0 Å². The highest BCUT2D eigenvalue weighted by Crippen LogP contribution is 2.32. The quantitative estimate of drug-likeness (QED) is 0.463. The molecule has 3 aliphatic heterocycles. The number of nitrogens with zero attached hydrogens (tertiary/aromatic N) is 4. The zero-order valence-electron chi connectivity index (χ0n) is 20.7. The molecule has 4 heterocycles. The summed E-state index contributed by atoms with van der Waals surface area (Å²) in [5, 5.41) is 11.2. The van der Waals surface area contributed by atoms with E-state index in [0.717, 1.165) is 80.2 Å². The molecule has 2 fully saturated rings. The van der Waals surface area contributed by atoms with Crippen LogP contribution in [0.3, 0.4) is 0 Å². The van der Waals surface area contributed by atoms with E-state index in [9.17, 15) is 4.79 Å². The van der Waals surface area contributed by atoms with Crippen LogP contribution in [0.4, 0.5) is 5.69 Å². The van der Waals surface area contributed by atoms with Crippen molar-refractivity contribution in [3.8, 4) is 5.75 Å². The number of hydrazine groups is 1. The maximum atomic E-state index is 10.6. The van der Waals surface area contributed by atoms with E-state index in [4.69, 9.17) is 19.2 Å². The van der Waals surface area contributed by atoms with Gasteiger partial charge in [0.2, 0.25) is 5.96 Å². The molecule has 194 valence electrons. The topological polar surface area (TPSA) is 102 Å². The molecule has 0 radical (unpaired) electrons. The molecule has 0 amide bonds. The van der Waals surface area contributed by atoms with E-state index in [1.807, 2.05) is 41.2 Å². The Balaban J connectivity index is 1.22. The molecule has 1 aromatic heterocycles. The van der Waals surface area contributed by atoms with Crippen LogP contribution >= 0.6 is 0 Å². The molecule has 0 aliphatic carbocycles. The van der Waals surface area contributed by atoms with Gasteiger partial charge in [-0.25, -0.2) is 9.67 Å². The number of aldehydes is 1. The zero-order chi connectivity index (χ0) is 25.0. The van der Waals surface area contributed by atoms with Gasteiger partial charge < -0.3 is 19.5 Å². The number of nitrogens with one attached hydrogen (secondary N) is 2. The molecule has 10 heteroatoms. The van der Waals surface area contributed by atoms with Gasteiger partial charge in [-0.2, -0.15) is 10.1 Å². The van der Waals surface area contributed by atoms with Crippen LogP contribution in [0, 0.1) is 0 Å². The van der Waals surface area contributed by atoms with E-state index in [-0.39, 0.29) is 25.2 Å². The smallest absolute Gasteiger partial charge is 0.212 e. The van der Waals surface area contributed by atoms with E-state index in [1.54, 1.807) is 0 Å². The Morgan fingerprint density at radius 1 is 1.03 bits per heavy atom. The second-order valence-electron chi connectivity index (χ2n) is 9.55. The largest absolute Gasteiger partial charge is 0.486 e. The maximum absolute atomic E-state index is 10.6. The number of aliphatic imine (C=N–C) groups is 1. The summed E-state index contributed by atoms with van der Waals surface area (Å²) in [6.45, 7) is 1.56. The molecule has 3 aromatic rings. The molecule has 2 aromatic carbocycles. The van der Waals surface area contributed by atoms with Crippen molar-refractivity contribution >= 4 is 28.8 Å². The van der Waals surface area contributed by atoms with Crippen LogP contribution in [-0.2, 0) is 14.3 Å². The monoisotopic (exact) mass is 504 g/mol. The van der Waals surface area contributed by atoms with Gasteiger partial charge in [0.15, 0.2) is 18.7 Å². The Hall–Kier alpha value is -3.47. The molecule has 0 saturated carbocycles. The summed E-state index contributed by atoms with van der Waals surface area (Å²) in [4.78, 5) is 15.6. The van der Waals surface area contributed by atoms with Gasteiger partial charge in [-0.3, -0.25) is 10.2 Å². The number of fused-ring (bicyclic) bond motifs is 1. The first-order valence-electron chi connectivity index (χ1n) is 13.1. The molecular weight excluding hydrogens is 472 g/mol. The molecule has 6 rings (SSSR count). The van der Waals surface area contributed by atoms with Crippen molar-refractivity contribution < 1.29 is 19.0 Å². The number of anilines is 1. The van der Waals surface area contributed by atoms with Crippen LogP contribution in [0.15, 0.2) is 53.7 Å². The minimum absolute atomic E-state index is 0.00553. The summed E-state index contributed by atoms with van der Waals surface area (Å²) in [6, 6.07) is 13.9. The van der Waals surface area contributed by atoms with Crippen molar-refractivity contribution in [2.75, 3.05) is 25.1 Å². The third-order valence-electron chi connectivity index (χ3n) is 7.00. The fraction of sp³-hybridized carbons (Fsp3) is 0.444. The molecule has 3 unspecified atom stereocenters. The lowest BCUT2D eigenvalue weighted by molar-refractivity contribution is -0.111. The number of aromatic nitrogens is 2. The number of ether oxygens (including phenoxy) is 3. The standard InChI is InChI=1S/C27H32N6O4/c34-13-16-35-22-10-7-19(8-11-22)26-30-27(31-33(26)25-6-2-4-15-37-25)29-21-9-12-23-20(17-21)18-28-32(23)24-5-1-3-14-36-24/h7-13,17-18,24-26H,1-6,14-16H2,(H2,29,30,31). The van der Waals surface area contributed by atoms with Gasteiger partial charge in [0.05, 0.1) is 11.7 Å². The normalized spacial score (nSPS) is 24.4. The molecule has 2 saturated heterocycles. The van der Waals surface area contributed by atoms with Crippen molar-refractivity contribution in [2.45, 2.75) is 57.1 Å². The predicted molar refractivity (Wildman–Crippen MR) is 139 cm³/mol. The van der Waals surface area contributed by atoms with Gasteiger partial charge in [-0.1, -0.05) is 12.1 Å². The molecule has 10 nitrogen and oxygen atoms in total. The second kappa shape index (κ2) is 10.9. The first-order chi connectivity index (χ1) is 18.3. The molecule has 2 N–H and O–H groups in total. The summed E-state index contributed by atoms with van der Waals surface area (Å²) in [5.74, 6) is 1.31. The van der Waals surface area contributed by atoms with E-state index in [0.29, 0.717) is 11.7 Å². The summed E-state index contributed by atoms with van der Waals surface area (Å²) in [5.41, 5.74) is 6.42. The number of hydrogen-bond acceptors (Lipinski definition) is 9. The molecule has 3 atom stereocenters. The van der Waals surface area contributed by atoms with Gasteiger partial charge in [0, 0.05) is 24.3 Å². The van der Waals surface area contributed by atoms with Gasteiger partial charge in [0.25, 0.3) is 0 Å². The van der Waals surface area contributed by atoms with Crippen LogP contribution in [-0.4, -0.2) is 53.1 Å². The van der Waals surface area contributed by atoms with Gasteiger partial charge in [-0.05, 0) is 74.4 Å². The third kappa shape index (κ3) is 5.18. The first kappa shape index (κ1) is 23.9. The lowest BCUT2D eigenvalue weighted by atomic mass is 10.1. The number of carbonyl (C=O) groups excluding carboxylic acids is 1. The predicted octanol–water partition coefficient (Wildman–Crippen LogP) is 4.13. The number of benzene rings is 2. The summed E-state index contributed by atoms with van der Waals surface area (Å²) >= 11 is 0. The lowest BCUT2D eigenvalue weighted by Crippen LogP contribution is -2.48. The fourth-order valence-electron chi connectivity index (χ4n) is 5.14. The highest BCUT2D eigenvalue weighted by Gasteiger charge is 2.35.